The van der Waals surface area contributed by atoms with Crippen LogP contribution in [0.25, 0.3) is 0 Å². The summed E-state index contributed by atoms with van der Waals surface area (Å²) >= 11 is 0. The quantitative estimate of drug-likeness (QED) is 0.813. The Morgan fingerprint density at radius 1 is 1.15 bits per heavy atom. The molecule has 0 aromatic rings. The first-order valence-electron chi connectivity index (χ1n) is 8.09. The minimum atomic E-state index is -0.741. The molecule has 4 heteroatoms. The van der Waals surface area contributed by atoms with E-state index >= 15 is 0 Å². The summed E-state index contributed by atoms with van der Waals surface area (Å²) in [6, 6.07) is 0. The lowest BCUT2D eigenvalue weighted by Crippen LogP contribution is -2.41. The Bertz CT molecular complexity index is 401. The molecule has 3 unspecified atom stereocenters. The molecule has 3 rings (SSSR count). The van der Waals surface area contributed by atoms with E-state index < -0.39 is 11.4 Å². The van der Waals surface area contributed by atoms with Crippen LogP contribution in [0.2, 0.25) is 0 Å². The summed E-state index contributed by atoms with van der Waals surface area (Å²) in [7, 11) is 0. The van der Waals surface area contributed by atoms with E-state index in [0.29, 0.717) is 31.7 Å². The topological polar surface area (TPSA) is 66.4 Å². The second-order valence-corrected chi connectivity index (χ2v) is 7.21. The van der Waals surface area contributed by atoms with E-state index in [4.69, 9.17) is 0 Å². The summed E-state index contributed by atoms with van der Waals surface area (Å²) in [4.78, 5) is 23.5. The van der Waals surface area contributed by atoms with Crippen molar-refractivity contribution in [1.29, 1.82) is 0 Å². The van der Waals surface area contributed by atoms with E-state index in [2.05, 4.69) is 5.32 Å². The van der Waals surface area contributed by atoms with Crippen molar-refractivity contribution in [2.75, 3.05) is 6.54 Å². The number of hydrogen-bond donors (Lipinski definition) is 2. The SMILES string of the molecule is O=C(CC1CC2CCC1C2)NCC1(C(=O)O)CCCC1. The average Bonchev–Trinajstić information content (AvgIpc) is 3.13. The van der Waals surface area contributed by atoms with E-state index in [1.165, 1.54) is 25.7 Å². The Morgan fingerprint density at radius 2 is 1.90 bits per heavy atom. The zero-order valence-corrected chi connectivity index (χ0v) is 12.1. The highest BCUT2D eigenvalue weighted by atomic mass is 16.4. The van der Waals surface area contributed by atoms with E-state index in [1.807, 2.05) is 0 Å². The maximum absolute atomic E-state index is 12.1. The number of carboxylic acids is 1. The molecule has 0 heterocycles. The first-order valence-corrected chi connectivity index (χ1v) is 8.09. The van der Waals surface area contributed by atoms with Crippen LogP contribution in [-0.2, 0) is 9.59 Å². The third-order valence-electron chi connectivity index (χ3n) is 5.97. The van der Waals surface area contributed by atoms with Crippen molar-refractivity contribution in [3.05, 3.63) is 0 Å². The van der Waals surface area contributed by atoms with Crippen LogP contribution >= 0.6 is 0 Å². The van der Waals surface area contributed by atoms with Gasteiger partial charge in [0.15, 0.2) is 0 Å². The van der Waals surface area contributed by atoms with Crippen LogP contribution in [0.4, 0.5) is 0 Å². The number of fused-ring (bicyclic) bond motifs is 2. The average molecular weight is 279 g/mol. The van der Waals surface area contributed by atoms with Gasteiger partial charge >= 0.3 is 5.97 Å². The fourth-order valence-corrected chi connectivity index (χ4v) is 4.72. The van der Waals surface area contributed by atoms with E-state index in [-0.39, 0.29) is 5.91 Å². The third-order valence-corrected chi connectivity index (χ3v) is 5.97. The van der Waals surface area contributed by atoms with Crippen molar-refractivity contribution in [2.45, 2.75) is 57.8 Å². The molecular formula is C16H25NO3. The summed E-state index contributed by atoms with van der Waals surface area (Å²) < 4.78 is 0. The molecule has 0 aromatic heterocycles. The van der Waals surface area contributed by atoms with Crippen molar-refractivity contribution >= 4 is 11.9 Å². The maximum atomic E-state index is 12.1. The smallest absolute Gasteiger partial charge is 0.311 e. The molecular weight excluding hydrogens is 254 g/mol. The Hall–Kier alpha value is -1.06. The van der Waals surface area contributed by atoms with Crippen LogP contribution < -0.4 is 5.32 Å². The zero-order chi connectivity index (χ0) is 14.2. The third kappa shape index (κ3) is 2.57. The summed E-state index contributed by atoms with van der Waals surface area (Å²) in [5.41, 5.74) is -0.690. The number of carbonyl (C=O) groups is 2. The summed E-state index contributed by atoms with van der Waals surface area (Å²) in [5.74, 6) is 1.49. The van der Waals surface area contributed by atoms with Gasteiger partial charge in [0.05, 0.1) is 5.41 Å². The van der Waals surface area contributed by atoms with E-state index in [1.54, 1.807) is 0 Å². The van der Waals surface area contributed by atoms with Gasteiger partial charge in [0.1, 0.15) is 0 Å². The predicted octanol–water partition coefficient (Wildman–Crippen LogP) is 2.57. The normalized spacial score (nSPS) is 34.3. The van der Waals surface area contributed by atoms with Gasteiger partial charge in [0.25, 0.3) is 0 Å². The number of carbonyl (C=O) groups excluding carboxylic acids is 1. The van der Waals surface area contributed by atoms with Crippen molar-refractivity contribution < 1.29 is 14.7 Å². The van der Waals surface area contributed by atoms with Gasteiger partial charge in [-0.3, -0.25) is 9.59 Å². The fourth-order valence-electron chi connectivity index (χ4n) is 4.72. The van der Waals surface area contributed by atoms with Gasteiger partial charge in [-0.05, 0) is 49.9 Å². The molecule has 1 amide bonds. The lowest BCUT2D eigenvalue weighted by Gasteiger charge is -2.25. The number of rotatable bonds is 5. The Morgan fingerprint density at radius 3 is 2.45 bits per heavy atom. The fraction of sp³-hybridized carbons (Fsp3) is 0.875. The number of carboxylic acid groups (broad SMARTS) is 1. The van der Waals surface area contributed by atoms with Crippen molar-refractivity contribution in [3.8, 4) is 0 Å². The molecule has 3 fully saturated rings. The molecule has 3 aliphatic rings. The summed E-state index contributed by atoms with van der Waals surface area (Å²) in [5, 5.41) is 12.3. The van der Waals surface area contributed by atoms with Gasteiger partial charge in [0, 0.05) is 13.0 Å². The standard InChI is InChI=1S/C16H25NO3/c18-14(9-13-8-11-3-4-12(13)7-11)17-10-16(15(19)20)5-1-2-6-16/h11-13H,1-10H2,(H,17,18)(H,19,20). The molecule has 0 spiro atoms. The first kappa shape index (κ1) is 13.9. The van der Waals surface area contributed by atoms with Crippen LogP contribution in [0.1, 0.15) is 57.8 Å². The zero-order valence-electron chi connectivity index (χ0n) is 12.1. The molecule has 3 aliphatic carbocycles. The molecule has 20 heavy (non-hydrogen) atoms. The van der Waals surface area contributed by atoms with Crippen molar-refractivity contribution in [2.24, 2.45) is 23.2 Å². The lowest BCUT2D eigenvalue weighted by atomic mass is 9.85. The van der Waals surface area contributed by atoms with Gasteiger partial charge in [-0.25, -0.2) is 0 Å². The van der Waals surface area contributed by atoms with Gasteiger partial charge in [0.2, 0.25) is 5.91 Å². The van der Waals surface area contributed by atoms with Gasteiger partial charge in [-0.1, -0.05) is 19.3 Å². The molecule has 3 atom stereocenters. The molecule has 2 N–H and O–H groups in total. The largest absolute Gasteiger partial charge is 0.481 e. The monoisotopic (exact) mass is 279 g/mol. The lowest BCUT2D eigenvalue weighted by molar-refractivity contribution is -0.148. The molecule has 4 nitrogen and oxygen atoms in total. The predicted molar refractivity (Wildman–Crippen MR) is 75.1 cm³/mol. The highest BCUT2D eigenvalue weighted by Gasteiger charge is 2.43. The number of nitrogens with one attached hydrogen (secondary N) is 1. The van der Waals surface area contributed by atoms with Gasteiger partial charge in [-0.2, -0.15) is 0 Å². The Balaban J connectivity index is 1.48. The van der Waals surface area contributed by atoms with Gasteiger partial charge < -0.3 is 10.4 Å². The first-order chi connectivity index (χ1) is 9.59. The minimum absolute atomic E-state index is 0.0649. The molecule has 0 aliphatic heterocycles. The molecule has 0 saturated heterocycles. The second-order valence-electron chi connectivity index (χ2n) is 7.21. The van der Waals surface area contributed by atoms with Crippen LogP contribution in [-0.4, -0.2) is 23.5 Å². The minimum Gasteiger partial charge on any atom is -0.481 e. The Kier molecular flexibility index (Phi) is 3.74. The van der Waals surface area contributed by atoms with E-state index in [0.717, 1.165) is 24.7 Å². The summed E-state index contributed by atoms with van der Waals surface area (Å²) in [6.07, 6.45) is 9.12. The summed E-state index contributed by atoms with van der Waals surface area (Å²) in [6.45, 7) is 0.321. The number of amides is 1. The van der Waals surface area contributed by atoms with Crippen LogP contribution in [0, 0.1) is 23.2 Å². The van der Waals surface area contributed by atoms with Crippen LogP contribution in [0.15, 0.2) is 0 Å². The molecule has 112 valence electrons. The van der Waals surface area contributed by atoms with Crippen molar-refractivity contribution in [1.82, 2.24) is 5.32 Å². The number of hydrogen-bond acceptors (Lipinski definition) is 2. The molecule has 2 bridgehead atoms. The highest BCUT2D eigenvalue weighted by Crippen LogP contribution is 2.49. The van der Waals surface area contributed by atoms with Gasteiger partial charge in [-0.15, -0.1) is 0 Å². The van der Waals surface area contributed by atoms with E-state index in [9.17, 15) is 14.7 Å². The van der Waals surface area contributed by atoms with Crippen molar-refractivity contribution in [3.63, 3.8) is 0 Å². The maximum Gasteiger partial charge on any atom is 0.311 e. The van der Waals surface area contributed by atoms with Crippen LogP contribution in [0.3, 0.4) is 0 Å². The highest BCUT2D eigenvalue weighted by molar-refractivity contribution is 5.79. The molecule has 3 saturated carbocycles. The molecule has 0 radical (unpaired) electrons. The Labute approximate surface area is 120 Å². The molecule has 0 aromatic carbocycles. The number of aliphatic carboxylic acids is 1. The van der Waals surface area contributed by atoms with Crippen LogP contribution in [0.5, 0.6) is 0 Å². The second kappa shape index (κ2) is 5.38.